The van der Waals surface area contributed by atoms with Crippen LogP contribution in [0.15, 0.2) is 229 Å². The van der Waals surface area contributed by atoms with E-state index in [0.717, 1.165) is 55.5 Å². The summed E-state index contributed by atoms with van der Waals surface area (Å²) in [7, 11) is 0. The van der Waals surface area contributed by atoms with E-state index in [1.165, 1.54) is 71.4 Å². The van der Waals surface area contributed by atoms with Gasteiger partial charge < -0.3 is 9.32 Å². The molecule has 12 aromatic rings. The molecule has 0 bridgehead atoms. The molecule has 1 aliphatic carbocycles. The first-order valence-corrected chi connectivity index (χ1v) is 22.6. The van der Waals surface area contributed by atoms with Gasteiger partial charge in [0.1, 0.15) is 11.2 Å². The first kappa shape index (κ1) is 37.4. The van der Waals surface area contributed by atoms with Gasteiger partial charge in [0.05, 0.1) is 0 Å². The van der Waals surface area contributed by atoms with Crippen molar-refractivity contribution >= 4 is 71.3 Å². The summed E-state index contributed by atoms with van der Waals surface area (Å²) in [6, 6.07) is 82.1. The second-order valence-electron chi connectivity index (χ2n) is 18.0. The van der Waals surface area contributed by atoms with Crippen molar-refractivity contribution in [2.75, 3.05) is 4.90 Å². The van der Waals surface area contributed by atoms with Crippen molar-refractivity contribution in [3.8, 4) is 44.5 Å². The van der Waals surface area contributed by atoms with Gasteiger partial charge in [-0.1, -0.05) is 184 Å². The number of fused-ring (bicyclic) bond motifs is 11. The van der Waals surface area contributed by atoms with Crippen LogP contribution in [0.3, 0.4) is 0 Å². The van der Waals surface area contributed by atoms with Crippen molar-refractivity contribution in [2.24, 2.45) is 0 Å². The smallest absolute Gasteiger partial charge is 0.143 e. The van der Waals surface area contributed by atoms with Gasteiger partial charge >= 0.3 is 0 Å². The van der Waals surface area contributed by atoms with Crippen LogP contribution in [-0.2, 0) is 5.41 Å². The van der Waals surface area contributed by atoms with Gasteiger partial charge in [0.2, 0.25) is 0 Å². The number of anilines is 3. The summed E-state index contributed by atoms with van der Waals surface area (Å²) >= 11 is 0. The Balaban J connectivity index is 0.955. The summed E-state index contributed by atoms with van der Waals surface area (Å²) in [5.74, 6) is 0. The van der Waals surface area contributed by atoms with Crippen LogP contribution in [0.4, 0.5) is 17.1 Å². The Labute approximate surface area is 378 Å². The lowest BCUT2D eigenvalue weighted by Gasteiger charge is -2.27. The highest BCUT2D eigenvalue weighted by atomic mass is 16.3. The lowest BCUT2D eigenvalue weighted by atomic mass is 9.79. The molecule has 65 heavy (non-hydrogen) atoms. The molecule has 1 aliphatic rings. The van der Waals surface area contributed by atoms with E-state index in [2.05, 4.69) is 243 Å². The molecule has 306 valence electrons. The number of hydrogen-bond acceptors (Lipinski definition) is 2. The summed E-state index contributed by atoms with van der Waals surface area (Å²) in [5, 5.41) is 9.61. The molecule has 0 N–H and O–H groups in total. The van der Waals surface area contributed by atoms with Crippen LogP contribution < -0.4 is 4.90 Å². The molecule has 0 aliphatic heterocycles. The predicted molar refractivity (Wildman–Crippen MR) is 275 cm³/mol. The van der Waals surface area contributed by atoms with Gasteiger partial charge in [0.15, 0.2) is 0 Å². The van der Waals surface area contributed by atoms with Crippen molar-refractivity contribution in [1.29, 1.82) is 0 Å². The lowest BCUT2D eigenvalue weighted by Crippen LogP contribution is -2.16. The highest BCUT2D eigenvalue weighted by Gasteiger charge is 2.37. The molecule has 2 heteroatoms. The first-order valence-electron chi connectivity index (χ1n) is 22.6. The maximum absolute atomic E-state index is 6.64. The zero-order valence-corrected chi connectivity index (χ0v) is 36.2. The van der Waals surface area contributed by atoms with E-state index in [9.17, 15) is 0 Å². The number of rotatable bonds is 6. The van der Waals surface area contributed by atoms with E-state index >= 15 is 0 Å². The van der Waals surface area contributed by atoms with Gasteiger partial charge in [-0.05, 0) is 137 Å². The van der Waals surface area contributed by atoms with Crippen molar-refractivity contribution in [3.63, 3.8) is 0 Å². The number of furan rings is 1. The molecule has 0 unspecified atom stereocenters. The second kappa shape index (κ2) is 14.4. The second-order valence-corrected chi connectivity index (χ2v) is 18.0. The Morgan fingerprint density at radius 2 is 0.954 bits per heavy atom. The molecule has 0 spiro atoms. The van der Waals surface area contributed by atoms with Crippen molar-refractivity contribution in [3.05, 3.63) is 236 Å². The van der Waals surface area contributed by atoms with E-state index < -0.39 is 0 Å². The Morgan fingerprint density at radius 1 is 0.354 bits per heavy atom. The summed E-state index contributed by atoms with van der Waals surface area (Å²) in [4.78, 5) is 2.39. The average Bonchev–Trinajstić information content (AvgIpc) is 3.87. The third-order valence-electron chi connectivity index (χ3n) is 14.0. The SMILES string of the molecule is CC1(C)c2ccccc2-c2cccc(-c3ccc(N(c4ccc(-c5cc6ccccc6c6ccccc56)cc4)c4cccc(-c5cccc6oc7c8ccccc8ccc7c56)c4)cc3)c21. The summed E-state index contributed by atoms with van der Waals surface area (Å²) in [5.41, 5.74) is 17.6. The first-order chi connectivity index (χ1) is 32.0. The van der Waals surface area contributed by atoms with Gasteiger partial charge in [0.25, 0.3) is 0 Å². The van der Waals surface area contributed by atoms with Crippen LogP contribution in [0.25, 0.3) is 98.8 Å². The third-order valence-corrected chi connectivity index (χ3v) is 14.0. The van der Waals surface area contributed by atoms with Gasteiger partial charge in [0, 0.05) is 38.6 Å². The van der Waals surface area contributed by atoms with E-state index in [1.807, 2.05) is 0 Å². The van der Waals surface area contributed by atoms with Crippen LogP contribution in [0.5, 0.6) is 0 Å². The monoisotopic (exact) mass is 829 g/mol. The van der Waals surface area contributed by atoms with E-state index in [1.54, 1.807) is 0 Å². The van der Waals surface area contributed by atoms with Crippen LogP contribution in [0, 0.1) is 0 Å². The summed E-state index contributed by atoms with van der Waals surface area (Å²) in [6.07, 6.45) is 0. The lowest BCUT2D eigenvalue weighted by molar-refractivity contribution is 0.662. The molecular weight excluding hydrogens is 787 g/mol. The van der Waals surface area contributed by atoms with E-state index in [4.69, 9.17) is 4.42 Å². The molecule has 0 radical (unpaired) electrons. The zero-order valence-electron chi connectivity index (χ0n) is 36.2. The Kier molecular flexibility index (Phi) is 8.29. The standard InChI is InChI=1S/C63H43NO/c1-63(2)58-26-10-9-22-54(58)55-25-12-24-50(61(55)63)41-28-33-45(34-29-41)64(46-35-30-42(31-36-46)57-39-44-15-4-5-18-48(44)52-20-7-8-21-53(52)57)47-17-11-16-43(38-47)49-23-13-27-59-60(49)56-37-32-40-14-3-6-19-51(40)62(56)65-59/h3-39H,1-2H3. The number of benzene rings is 11. The fourth-order valence-corrected chi connectivity index (χ4v) is 11.0. The fraction of sp³-hybridized carbons (Fsp3) is 0.0476. The highest BCUT2D eigenvalue weighted by Crippen LogP contribution is 2.52. The molecule has 0 fully saturated rings. The largest absolute Gasteiger partial charge is 0.455 e. The molecule has 11 aromatic carbocycles. The van der Waals surface area contributed by atoms with Crippen LogP contribution in [0.2, 0.25) is 0 Å². The fourth-order valence-electron chi connectivity index (χ4n) is 11.0. The van der Waals surface area contributed by atoms with Gasteiger partial charge in [-0.3, -0.25) is 0 Å². The van der Waals surface area contributed by atoms with Crippen molar-refractivity contribution in [2.45, 2.75) is 19.3 Å². The molecule has 13 rings (SSSR count). The maximum atomic E-state index is 6.64. The molecule has 0 amide bonds. The van der Waals surface area contributed by atoms with Crippen molar-refractivity contribution < 1.29 is 4.42 Å². The highest BCUT2D eigenvalue weighted by molar-refractivity contribution is 6.19. The Morgan fingerprint density at radius 3 is 1.75 bits per heavy atom. The minimum absolute atomic E-state index is 0.109. The Bertz CT molecular complexity index is 3850. The zero-order chi connectivity index (χ0) is 43.2. The predicted octanol–water partition coefficient (Wildman–Crippen LogP) is 17.8. The summed E-state index contributed by atoms with van der Waals surface area (Å²) < 4.78 is 6.64. The van der Waals surface area contributed by atoms with E-state index in [-0.39, 0.29) is 5.41 Å². The minimum atomic E-state index is -0.109. The van der Waals surface area contributed by atoms with Crippen LogP contribution in [0.1, 0.15) is 25.0 Å². The van der Waals surface area contributed by atoms with Gasteiger partial charge in [-0.25, -0.2) is 0 Å². The third kappa shape index (κ3) is 5.81. The quantitative estimate of drug-likeness (QED) is 0.155. The summed E-state index contributed by atoms with van der Waals surface area (Å²) in [6.45, 7) is 4.73. The Hall–Kier alpha value is -8.20. The minimum Gasteiger partial charge on any atom is -0.455 e. The normalized spacial score (nSPS) is 12.9. The molecular formula is C63H43NO. The van der Waals surface area contributed by atoms with Gasteiger partial charge in [-0.2, -0.15) is 0 Å². The molecule has 1 heterocycles. The number of hydrogen-bond donors (Lipinski definition) is 0. The average molecular weight is 830 g/mol. The van der Waals surface area contributed by atoms with Crippen LogP contribution >= 0.6 is 0 Å². The molecule has 0 saturated carbocycles. The van der Waals surface area contributed by atoms with E-state index in [0.29, 0.717) is 0 Å². The molecule has 2 nitrogen and oxygen atoms in total. The van der Waals surface area contributed by atoms with Crippen LogP contribution in [-0.4, -0.2) is 0 Å². The topological polar surface area (TPSA) is 16.4 Å². The molecule has 1 aromatic heterocycles. The van der Waals surface area contributed by atoms with Gasteiger partial charge in [-0.15, -0.1) is 0 Å². The number of nitrogens with zero attached hydrogens (tertiary/aromatic N) is 1. The van der Waals surface area contributed by atoms with Crippen molar-refractivity contribution in [1.82, 2.24) is 0 Å². The molecule has 0 atom stereocenters. The molecule has 0 saturated heterocycles. The maximum Gasteiger partial charge on any atom is 0.143 e.